The zero-order valence-electron chi connectivity index (χ0n) is 11.7. The van der Waals surface area contributed by atoms with Gasteiger partial charge in [0, 0.05) is 19.0 Å². The van der Waals surface area contributed by atoms with E-state index in [-0.39, 0.29) is 31.4 Å². The first kappa shape index (κ1) is 17.7. The van der Waals surface area contributed by atoms with E-state index in [0.29, 0.717) is 13.0 Å². The van der Waals surface area contributed by atoms with Crippen molar-refractivity contribution in [3.63, 3.8) is 0 Å². The monoisotopic (exact) mass is 311 g/mol. The number of piperidine rings is 1. The number of rotatable bonds is 7. The Morgan fingerprint density at radius 2 is 1.95 bits per heavy atom. The fourth-order valence-electron chi connectivity index (χ4n) is 2.41. The van der Waals surface area contributed by atoms with Gasteiger partial charge >= 0.3 is 12.1 Å². The molecule has 1 N–H and O–H groups in total. The first-order valence-corrected chi connectivity index (χ1v) is 6.95. The van der Waals surface area contributed by atoms with Crippen LogP contribution in [0.15, 0.2) is 0 Å². The van der Waals surface area contributed by atoms with E-state index >= 15 is 0 Å². The van der Waals surface area contributed by atoms with Crippen LogP contribution < -0.4 is 0 Å². The van der Waals surface area contributed by atoms with Crippen molar-refractivity contribution in [3.05, 3.63) is 0 Å². The maximum atomic E-state index is 12.0. The lowest BCUT2D eigenvalue weighted by atomic mass is 9.97. The Morgan fingerprint density at radius 1 is 1.24 bits per heavy atom. The molecule has 0 aromatic rings. The van der Waals surface area contributed by atoms with Gasteiger partial charge in [0.2, 0.25) is 5.91 Å². The average molecular weight is 311 g/mol. The van der Waals surface area contributed by atoms with E-state index in [1.54, 1.807) is 4.90 Å². The molecule has 1 saturated heterocycles. The van der Waals surface area contributed by atoms with Crippen LogP contribution in [0, 0.1) is 0 Å². The minimum atomic E-state index is -4.39. The van der Waals surface area contributed by atoms with Crippen LogP contribution in [-0.2, 0) is 14.3 Å². The number of hydrogen-bond acceptors (Lipinski definition) is 3. The number of amides is 1. The summed E-state index contributed by atoms with van der Waals surface area (Å²) in [5.74, 6) is -1.19. The summed E-state index contributed by atoms with van der Waals surface area (Å²) in [4.78, 5) is 24.2. The highest BCUT2D eigenvalue weighted by molar-refractivity contribution is 5.76. The maximum absolute atomic E-state index is 12.0. The highest BCUT2D eigenvalue weighted by Gasteiger charge is 2.29. The molecule has 1 fully saturated rings. The summed E-state index contributed by atoms with van der Waals surface area (Å²) >= 11 is 0. The summed E-state index contributed by atoms with van der Waals surface area (Å²) in [5.41, 5.74) is 0. The maximum Gasteiger partial charge on any atom is 0.411 e. The largest absolute Gasteiger partial charge is 0.481 e. The number of aliphatic carboxylic acids is 1. The number of carbonyl (C=O) groups excluding carboxylic acids is 1. The molecule has 0 radical (unpaired) electrons. The highest BCUT2D eigenvalue weighted by Crippen LogP contribution is 2.22. The van der Waals surface area contributed by atoms with Crippen LogP contribution in [0.3, 0.4) is 0 Å². The van der Waals surface area contributed by atoms with Gasteiger partial charge < -0.3 is 14.7 Å². The number of carboxylic acids is 1. The number of nitrogens with zero attached hydrogens (tertiary/aromatic N) is 1. The number of alkyl halides is 3. The van der Waals surface area contributed by atoms with Crippen molar-refractivity contribution in [2.45, 2.75) is 50.7 Å². The molecule has 0 aromatic carbocycles. The summed E-state index contributed by atoms with van der Waals surface area (Å²) in [7, 11) is 0. The fraction of sp³-hybridized carbons (Fsp3) is 0.846. The first-order chi connectivity index (χ1) is 9.79. The number of likely N-dealkylation sites (tertiary alicyclic amines) is 1. The van der Waals surface area contributed by atoms with Gasteiger partial charge in [-0.1, -0.05) is 0 Å². The molecule has 0 aromatic heterocycles. The molecular weight excluding hydrogens is 291 g/mol. The zero-order valence-corrected chi connectivity index (χ0v) is 11.7. The molecule has 1 aliphatic heterocycles. The van der Waals surface area contributed by atoms with Crippen molar-refractivity contribution in [1.82, 2.24) is 4.90 Å². The van der Waals surface area contributed by atoms with Gasteiger partial charge in [0.25, 0.3) is 0 Å². The van der Waals surface area contributed by atoms with E-state index in [1.165, 1.54) is 0 Å². The van der Waals surface area contributed by atoms with E-state index < -0.39 is 18.8 Å². The highest BCUT2D eigenvalue weighted by atomic mass is 19.4. The molecule has 0 unspecified atom stereocenters. The van der Waals surface area contributed by atoms with E-state index in [2.05, 4.69) is 4.74 Å². The zero-order chi connectivity index (χ0) is 15.9. The summed E-state index contributed by atoms with van der Waals surface area (Å²) in [5, 5.41) is 8.69. The predicted molar refractivity (Wildman–Crippen MR) is 67.7 cm³/mol. The van der Waals surface area contributed by atoms with Crippen LogP contribution in [-0.4, -0.2) is 53.9 Å². The molecule has 1 amide bonds. The standard InChI is InChI=1S/C13H20F3NO4/c14-13(15,16)9-21-8-6-11(18)17-7-2-1-3-10(17)4-5-12(19)20/h10H,1-9H2,(H,19,20)/t10-/m0/s1. The molecule has 1 rings (SSSR count). The molecular formula is C13H20F3NO4. The second-order valence-corrected chi connectivity index (χ2v) is 5.09. The van der Waals surface area contributed by atoms with Gasteiger partial charge in [-0.15, -0.1) is 0 Å². The van der Waals surface area contributed by atoms with Crippen molar-refractivity contribution in [2.24, 2.45) is 0 Å². The molecule has 122 valence electrons. The van der Waals surface area contributed by atoms with Crippen molar-refractivity contribution in [1.29, 1.82) is 0 Å². The van der Waals surface area contributed by atoms with Crippen LogP contribution in [0.25, 0.3) is 0 Å². The minimum absolute atomic E-state index is 0.0149. The summed E-state index contributed by atoms with van der Waals surface area (Å²) < 4.78 is 40.1. The molecule has 21 heavy (non-hydrogen) atoms. The summed E-state index contributed by atoms with van der Waals surface area (Å²) in [6, 6.07) is -0.134. The molecule has 8 heteroatoms. The molecule has 1 heterocycles. The Balaban J connectivity index is 2.36. The lowest BCUT2D eigenvalue weighted by molar-refractivity contribution is -0.175. The normalized spacial score (nSPS) is 19.6. The van der Waals surface area contributed by atoms with Gasteiger partial charge in [0.05, 0.1) is 13.0 Å². The van der Waals surface area contributed by atoms with Gasteiger partial charge in [-0.25, -0.2) is 0 Å². The minimum Gasteiger partial charge on any atom is -0.481 e. The Kier molecular flexibility index (Phi) is 6.94. The molecule has 0 aliphatic carbocycles. The summed E-state index contributed by atoms with van der Waals surface area (Å²) in [6.07, 6.45) is -1.64. The molecule has 1 atom stereocenters. The Morgan fingerprint density at radius 3 is 2.57 bits per heavy atom. The smallest absolute Gasteiger partial charge is 0.411 e. The number of halogens is 3. The van der Waals surface area contributed by atoms with Crippen molar-refractivity contribution in [2.75, 3.05) is 19.8 Å². The number of carbonyl (C=O) groups is 2. The second kappa shape index (κ2) is 8.21. The Hall–Kier alpha value is -1.31. The molecule has 0 bridgehead atoms. The topological polar surface area (TPSA) is 66.8 Å². The third kappa shape index (κ3) is 7.31. The van der Waals surface area contributed by atoms with Gasteiger partial charge in [-0.3, -0.25) is 9.59 Å². The van der Waals surface area contributed by atoms with Gasteiger partial charge in [0.15, 0.2) is 0 Å². The third-order valence-electron chi connectivity index (χ3n) is 3.36. The van der Waals surface area contributed by atoms with Crippen LogP contribution >= 0.6 is 0 Å². The van der Waals surface area contributed by atoms with Crippen LogP contribution in [0.2, 0.25) is 0 Å². The predicted octanol–water partition coefficient (Wildman–Crippen LogP) is 2.20. The third-order valence-corrected chi connectivity index (χ3v) is 3.36. The van der Waals surface area contributed by atoms with Crippen molar-refractivity contribution < 1.29 is 32.6 Å². The quantitative estimate of drug-likeness (QED) is 0.732. The van der Waals surface area contributed by atoms with Gasteiger partial charge in [-0.05, 0) is 25.7 Å². The Bertz CT molecular complexity index is 360. The average Bonchev–Trinajstić information content (AvgIpc) is 2.40. The second-order valence-electron chi connectivity index (χ2n) is 5.09. The number of carboxylic acid groups (broad SMARTS) is 1. The van der Waals surface area contributed by atoms with E-state index in [1.807, 2.05) is 0 Å². The SMILES string of the molecule is O=C(O)CC[C@@H]1CCCCN1C(=O)CCOCC(F)(F)F. The van der Waals surface area contributed by atoms with Crippen LogP contribution in [0.4, 0.5) is 13.2 Å². The Labute approximate surface area is 121 Å². The van der Waals surface area contributed by atoms with E-state index in [0.717, 1.165) is 19.3 Å². The van der Waals surface area contributed by atoms with E-state index in [9.17, 15) is 22.8 Å². The fourth-order valence-corrected chi connectivity index (χ4v) is 2.41. The molecule has 0 saturated carbocycles. The molecule has 1 aliphatic rings. The van der Waals surface area contributed by atoms with E-state index in [4.69, 9.17) is 5.11 Å². The lowest BCUT2D eigenvalue weighted by Crippen LogP contribution is -2.44. The molecule has 0 spiro atoms. The number of ether oxygens (including phenoxy) is 1. The van der Waals surface area contributed by atoms with Gasteiger partial charge in [-0.2, -0.15) is 13.2 Å². The van der Waals surface area contributed by atoms with Crippen molar-refractivity contribution in [3.8, 4) is 0 Å². The first-order valence-electron chi connectivity index (χ1n) is 6.95. The number of hydrogen-bond donors (Lipinski definition) is 1. The summed E-state index contributed by atoms with van der Waals surface area (Å²) in [6.45, 7) is -1.11. The van der Waals surface area contributed by atoms with Crippen LogP contribution in [0.1, 0.15) is 38.5 Å². The van der Waals surface area contributed by atoms with Crippen LogP contribution in [0.5, 0.6) is 0 Å². The lowest BCUT2D eigenvalue weighted by Gasteiger charge is -2.35. The molecule has 5 nitrogen and oxygen atoms in total. The van der Waals surface area contributed by atoms with Crippen molar-refractivity contribution >= 4 is 11.9 Å². The van der Waals surface area contributed by atoms with Gasteiger partial charge in [0.1, 0.15) is 6.61 Å².